The second kappa shape index (κ2) is 6.39. The average Bonchev–Trinajstić information content (AvgIpc) is 2.59. The van der Waals surface area contributed by atoms with Gasteiger partial charge in [0.25, 0.3) is 5.91 Å². The molecule has 2 aromatic carbocycles. The summed E-state index contributed by atoms with van der Waals surface area (Å²) in [5, 5.41) is 0. The van der Waals surface area contributed by atoms with E-state index in [2.05, 4.69) is 0 Å². The molecule has 3 rings (SSSR count). The number of benzene rings is 2. The highest BCUT2D eigenvalue weighted by Crippen LogP contribution is 2.32. The van der Waals surface area contributed by atoms with Crippen molar-refractivity contribution in [1.82, 2.24) is 0 Å². The van der Waals surface area contributed by atoms with Crippen LogP contribution in [0.25, 0.3) is 0 Å². The minimum atomic E-state index is -0.966. The number of anilines is 1. The zero-order valence-corrected chi connectivity index (χ0v) is 13.0. The largest absolute Gasteiger partial charge is 0.467 e. The molecule has 0 unspecified atom stereocenters. The standard InChI is InChI=1S/C18H15F2NO3/c1-24-18(23)16-9-6-11-4-2-3-5-15(11)21(16)17(22)13-8-7-12(19)10-14(13)20/h2-5,7-8,10,16H,6,9H2,1H3/t16-/m1/s1. The Hall–Kier alpha value is -2.76. The van der Waals surface area contributed by atoms with Gasteiger partial charge in [0.05, 0.1) is 12.7 Å². The molecule has 0 saturated heterocycles. The van der Waals surface area contributed by atoms with E-state index in [1.807, 2.05) is 12.1 Å². The van der Waals surface area contributed by atoms with Gasteiger partial charge in [0.1, 0.15) is 17.7 Å². The summed E-state index contributed by atoms with van der Waals surface area (Å²) in [6.07, 6.45) is 0.976. The molecule has 2 aromatic rings. The first kappa shape index (κ1) is 16.1. The maximum atomic E-state index is 14.0. The molecule has 0 saturated carbocycles. The summed E-state index contributed by atoms with van der Waals surface area (Å²) in [5.74, 6) is -3.00. The van der Waals surface area contributed by atoms with E-state index in [0.29, 0.717) is 24.6 Å². The Morgan fingerprint density at radius 2 is 1.92 bits per heavy atom. The predicted octanol–water partition coefficient (Wildman–Crippen LogP) is 3.10. The van der Waals surface area contributed by atoms with Crippen LogP contribution in [0.2, 0.25) is 0 Å². The van der Waals surface area contributed by atoms with Crippen LogP contribution in [0.3, 0.4) is 0 Å². The molecule has 0 aromatic heterocycles. The van der Waals surface area contributed by atoms with Crippen LogP contribution < -0.4 is 4.90 Å². The van der Waals surface area contributed by atoms with Gasteiger partial charge in [-0.1, -0.05) is 18.2 Å². The molecule has 1 aliphatic rings. The van der Waals surface area contributed by atoms with Gasteiger partial charge in [-0.25, -0.2) is 13.6 Å². The van der Waals surface area contributed by atoms with E-state index in [1.54, 1.807) is 12.1 Å². The van der Waals surface area contributed by atoms with Crippen molar-refractivity contribution in [3.05, 3.63) is 65.2 Å². The number of hydrogen-bond donors (Lipinski definition) is 0. The number of carbonyl (C=O) groups is 2. The number of para-hydroxylation sites is 1. The Morgan fingerprint density at radius 3 is 2.62 bits per heavy atom. The van der Waals surface area contributed by atoms with E-state index in [9.17, 15) is 18.4 Å². The summed E-state index contributed by atoms with van der Waals surface area (Å²) in [6.45, 7) is 0. The molecular weight excluding hydrogens is 316 g/mol. The maximum Gasteiger partial charge on any atom is 0.328 e. The van der Waals surface area contributed by atoms with Crippen LogP contribution in [0, 0.1) is 11.6 Å². The van der Waals surface area contributed by atoms with Gasteiger partial charge in [-0.2, -0.15) is 0 Å². The smallest absolute Gasteiger partial charge is 0.328 e. The molecule has 1 heterocycles. The number of nitrogens with zero attached hydrogens (tertiary/aromatic N) is 1. The lowest BCUT2D eigenvalue weighted by molar-refractivity contribution is -0.142. The summed E-state index contributed by atoms with van der Waals surface area (Å²) in [7, 11) is 1.24. The molecule has 4 nitrogen and oxygen atoms in total. The fourth-order valence-corrected chi connectivity index (χ4v) is 2.95. The number of hydrogen-bond acceptors (Lipinski definition) is 3. The molecule has 1 amide bonds. The lowest BCUT2D eigenvalue weighted by atomic mass is 9.94. The highest BCUT2D eigenvalue weighted by Gasteiger charge is 2.37. The summed E-state index contributed by atoms with van der Waals surface area (Å²) in [5.41, 5.74) is 1.13. The normalized spacial score (nSPS) is 16.5. The fourth-order valence-electron chi connectivity index (χ4n) is 2.95. The summed E-state index contributed by atoms with van der Waals surface area (Å²) < 4.78 is 31.9. The highest BCUT2D eigenvalue weighted by atomic mass is 19.1. The van der Waals surface area contributed by atoms with Crippen LogP contribution in [-0.4, -0.2) is 25.0 Å². The Labute approximate surface area is 137 Å². The minimum absolute atomic E-state index is 0.290. The van der Waals surface area contributed by atoms with Crippen molar-refractivity contribution >= 4 is 17.6 Å². The minimum Gasteiger partial charge on any atom is -0.467 e. The topological polar surface area (TPSA) is 46.6 Å². The third kappa shape index (κ3) is 2.75. The third-order valence-corrected chi connectivity index (χ3v) is 4.10. The van der Waals surface area contributed by atoms with E-state index in [4.69, 9.17) is 4.74 Å². The van der Waals surface area contributed by atoms with Crippen LogP contribution in [0.15, 0.2) is 42.5 Å². The number of amides is 1. The first-order chi connectivity index (χ1) is 11.5. The van der Waals surface area contributed by atoms with Gasteiger partial charge in [0, 0.05) is 11.8 Å². The number of esters is 1. The molecule has 6 heteroatoms. The van der Waals surface area contributed by atoms with Crippen LogP contribution in [0.4, 0.5) is 14.5 Å². The molecule has 0 bridgehead atoms. The summed E-state index contributed by atoms with van der Waals surface area (Å²) in [4.78, 5) is 26.2. The van der Waals surface area contributed by atoms with Gasteiger partial charge in [-0.15, -0.1) is 0 Å². The molecule has 24 heavy (non-hydrogen) atoms. The van der Waals surface area contributed by atoms with Crippen molar-refractivity contribution in [2.75, 3.05) is 12.0 Å². The van der Waals surface area contributed by atoms with Gasteiger partial charge in [-0.3, -0.25) is 9.69 Å². The number of halogens is 2. The van der Waals surface area contributed by atoms with Gasteiger partial charge < -0.3 is 4.74 Å². The average molecular weight is 331 g/mol. The maximum absolute atomic E-state index is 14.0. The Kier molecular flexibility index (Phi) is 4.29. The van der Waals surface area contributed by atoms with Crippen LogP contribution in [0.1, 0.15) is 22.3 Å². The second-order valence-electron chi connectivity index (χ2n) is 5.51. The number of aryl methyl sites for hydroxylation is 1. The van der Waals surface area contributed by atoms with Gasteiger partial charge in [0.2, 0.25) is 0 Å². The molecule has 0 radical (unpaired) electrons. The summed E-state index contributed by atoms with van der Waals surface area (Å²) >= 11 is 0. The highest BCUT2D eigenvalue weighted by molar-refractivity contribution is 6.10. The van der Waals surface area contributed by atoms with Crippen molar-refractivity contribution in [2.45, 2.75) is 18.9 Å². The van der Waals surface area contributed by atoms with E-state index < -0.39 is 29.6 Å². The van der Waals surface area contributed by atoms with Gasteiger partial charge in [0.15, 0.2) is 0 Å². The van der Waals surface area contributed by atoms with E-state index >= 15 is 0 Å². The number of carbonyl (C=O) groups excluding carboxylic acids is 2. The number of fused-ring (bicyclic) bond motifs is 1. The van der Waals surface area contributed by atoms with Crippen molar-refractivity contribution in [2.24, 2.45) is 0 Å². The zero-order valence-electron chi connectivity index (χ0n) is 13.0. The Balaban J connectivity index is 2.09. The molecular formula is C18H15F2NO3. The quantitative estimate of drug-likeness (QED) is 0.795. The molecule has 0 aliphatic carbocycles. The van der Waals surface area contributed by atoms with Crippen LogP contribution >= 0.6 is 0 Å². The lowest BCUT2D eigenvalue weighted by Gasteiger charge is -2.35. The predicted molar refractivity (Wildman–Crippen MR) is 83.7 cm³/mol. The Morgan fingerprint density at radius 1 is 1.17 bits per heavy atom. The molecule has 0 fully saturated rings. The van der Waals surface area contributed by atoms with Crippen molar-refractivity contribution < 1.29 is 23.1 Å². The van der Waals surface area contributed by atoms with Gasteiger partial charge >= 0.3 is 5.97 Å². The van der Waals surface area contributed by atoms with Gasteiger partial charge in [-0.05, 0) is 36.6 Å². The van der Waals surface area contributed by atoms with Crippen molar-refractivity contribution in [3.63, 3.8) is 0 Å². The monoisotopic (exact) mass is 331 g/mol. The van der Waals surface area contributed by atoms with E-state index in [0.717, 1.165) is 17.7 Å². The zero-order chi connectivity index (χ0) is 17.3. The first-order valence-corrected chi connectivity index (χ1v) is 7.47. The molecule has 0 N–H and O–H groups in total. The molecule has 1 atom stereocenters. The summed E-state index contributed by atoms with van der Waals surface area (Å²) in [6, 6.07) is 9.02. The molecule has 1 aliphatic heterocycles. The van der Waals surface area contributed by atoms with E-state index in [-0.39, 0.29) is 5.56 Å². The number of ether oxygens (including phenoxy) is 1. The fraction of sp³-hybridized carbons (Fsp3) is 0.222. The molecule has 0 spiro atoms. The van der Waals surface area contributed by atoms with Crippen LogP contribution in [0.5, 0.6) is 0 Å². The van der Waals surface area contributed by atoms with Crippen molar-refractivity contribution in [3.8, 4) is 0 Å². The van der Waals surface area contributed by atoms with E-state index in [1.165, 1.54) is 12.0 Å². The second-order valence-corrected chi connectivity index (χ2v) is 5.51. The lowest BCUT2D eigenvalue weighted by Crippen LogP contribution is -2.49. The Bertz CT molecular complexity index is 807. The third-order valence-electron chi connectivity index (χ3n) is 4.10. The first-order valence-electron chi connectivity index (χ1n) is 7.47. The van der Waals surface area contributed by atoms with Crippen LogP contribution in [-0.2, 0) is 16.0 Å². The van der Waals surface area contributed by atoms with Crippen molar-refractivity contribution in [1.29, 1.82) is 0 Å². The number of methoxy groups -OCH3 is 1. The SMILES string of the molecule is COC(=O)[C@H]1CCc2ccccc2N1C(=O)c1ccc(F)cc1F. The molecule has 124 valence electrons. The number of rotatable bonds is 2.